The fraction of sp³-hybridized carbons (Fsp3) is 0.571. The lowest BCUT2D eigenvalue weighted by Crippen LogP contribution is -2.26. The van der Waals surface area contributed by atoms with Gasteiger partial charge in [0.2, 0.25) is 0 Å². The Hall–Kier alpha value is -2.12. The van der Waals surface area contributed by atoms with Gasteiger partial charge in [-0.25, -0.2) is 0 Å². The van der Waals surface area contributed by atoms with Gasteiger partial charge in [-0.3, -0.25) is 0 Å². The maximum absolute atomic E-state index is 5.81. The average molecular weight is 467 g/mol. The average Bonchev–Trinajstić information content (AvgIpc) is 3.52. The predicted molar refractivity (Wildman–Crippen MR) is 134 cm³/mol. The number of rotatable bonds is 8. The molecule has 0 radical (unpaired) electrons. The van der Waals surface area contributed by atoms with Crippen LogP contribution < -0.4 is 10.6 Å². The van der Waals surface area contributed by atoms with Crippen molar-refractivity contribution in [2.45, 2.75) is 51.1 Å². The third-order valence-electron chi connectivity index (χ3n) is 7.61. The summed E-state index contributed by atoms with van der Waals surface area (Å²) in [6.45, 7) is 8.65. The van der Waals surface area contributed by atoms with Gasteiger partial charge in [-0.1, -0.05) is 24.3 Å². The molecule has 3 aliphatic rings. The van der Waals surface area contributed by atoms with E-state index in [2.05, 4.69) is 59.2 Å². The minimum absolute atomic E-state index is 0.614. The van der Waals surface area contributed by atoms with Crippen molar-refractivity contribution in [1.29, 1.82) is 0 Å². The monoisotopic (exact) mass is 466 g/mol. The fourth-order valence-corrected chi connectivity index (χ4v) is 5.35. The largest absolute Gasteiger partial charge is 0.385 e. The summed E-state index contributed by atoms with van der Waals surface area (Å²) in [4.78, 5) is 0. The number of hydrogen-bond acceptors (Lipinski definition) is 6. The molecule has 2 aliphatic heterocycles. The van der Waals surface area contributed by atoms with Crippen LogP contribution in [0.4, 0.5) is 11.4 Å². The number of hydrogen-bond donors (Lipinski definition) is 2. The number of anilines is 2. The van der Waals surface area contributed by atoms with E-state index >= 15 is 0 Å². The molecule has 2 aromatic carbocycles. The quantitative estimate of drug-likeness (QED) is 0.539. The molecule has 0 atom stereocenters. The molecule has 0 aromatic heterocycles. The molecule has 5 rings (SSSR count). The maximum Gasteiger partial charge on any atom is 0.192 e. The summed E-state index contributed by atoms with van der Waals surface area (Å²) in [6.07, 6.45) is 5.07. The van der Waals surface area contributed by atoms with E-state index in [-0.39, 0.29) is 0 Å². The first-order valence-electron chi connectivity index (χ1n) is 12.8. The SMILES string of the molecule is CC1(c2cccc(NCC3CCC(CNc4cccc(C5(C)OCCO5)c4)CC3)c2)OCCO1. The second-order valence-electron chi connectivity index (χ2n) is 10.1. The van der Waals surface area contributed by atoms with Gasteiger partial charge in [0.1, 0.15) is 0 Å². The Kier molecular flexibility index (Phi) is 7.11. The van der Waals surface area contributed by atoms with Gasteiger partial charge in [-0.2, -0.15) is 0 Å². The number of nitrogens with one attached hydrogen (secondary N) is 2. The summed E-state index contributed by atoms with van der Waals surface area (Å²) < 4.78 is 23.2. The van der Waals surface area contributed by atoms with Crippen molar-refractivity contribution in [3.63, 3.8) is 0 Å². The van der Waals surface area contributed by atoms with Crippen molar-refractivity contribution in [2.75, 3.05) is 50.2 Å². The van der Waals surface area contributed by atoms with Gasteiger partial charge in [0.15, 0.2) is 11.6 Å². The van der Waals surface area contributed by atoms with E-state index in [4.69, 9.17) is 18.9 Å². The summed E-state index contributed by atoms with van der Waals surface area (Å²) in [7, 11) is 0. The molecule has 3 fully saturated rings. The van der Waals surface area contributed by atoms with Crippen LogP contribution >= 0.6 is 0 Å². The summed E-state index contributed by atoms with van der Waals surface area (Å²) in [5.74, 6) is 0.206. The molecule has 1 aliphatic carbocycles. The van der Waals surface area contributed by atoms with E-state index in [1.807, 2.05) is 13.8 Å². The molecule has 0 spiro atoms. The Labute approximate surface area is 203 Å². The lowest BCUT2D eigenvalue weighted by atomic mass is 9.82. The van der Waals surface area contributed by atoms with Gasteiger partial charge in [0.25, 0.3) is 0 Å². The highest BCUT2D eigenvalue weighted by molar-refractivity contribution is 5.48. The maximum atomic E-state index is 5.81. The molecule has 0 amide bonds. The molecule has 0 bridgehead atoms. The molecular weight excluding hydrogens is 428 g/mol. The summed E-state index contributed by atoms with van der Waals surface area (Å²) in [5.41, 5.74) is 4.44. The zero-order valence-corrected chi connectivity index (χ0v) is 20.5. The Morgan fingerprint density at radius 2 is 1.03 bits per heavy atom. The smallest absolute Gasteiger partial charge is 0.192 e. The minimum atomic E-state index is -0.614. The molecule has 184 valence electrons. The third-order valence-corrected chi connectivity index (χ3v) is 7.61. The van der Waals surface area contributed by atoms with Crippen LogP contribution in [0.5, 0.6) is 0 Å². The number of benzene rings is 2. The highest BCUT2D eigenvalue weighted by Gasteiger charge is 2.34. The first kappa shape index (κ1) is 23.6. The van der Waals surface area contributed by atoms with Crippen LogP contribution in [0.25, 0.3) is 0 Å². The summed E-state index contributed by atoms with van der Waals surface area (Å²) >= 11 is 0. The molecule has 2 N–H and O–H groups in total. The number of ether oxygens (including phenoxy) is 4. The molecule has 6 nitrogen and oxygen atoms in total. The van der Waals surface area contributed by atoms with Gasteiger partial charge in [0, 0.05) is 35.6 Å². The summed E-state index contributed by atoms with van der Waals surface area (Å²) in [6, 6.07) is 16.9. The molecular formula is C28H38N2O4. The van der Waals surface area contributed by atoms with Crippen LogP contribution in [0.3, 0.4) is 0 Å². The Morgan fingerprint density at radius 3 is 1.41 bits per heavy atom. The van der Waals surface area contributed by atoms with Crippen molar-refractivity contribution in [3.05, 3.63) is 59.7 Å². The van der Waals surface area contributed by atoms with Crippen molar-refractivity contribution in [2.24, 2.45) is 11.8 Å². The Morgan fingerprint density at radius 1 is 0.647 bits per heavy atom. The van der Waals surface area contributed by atoms with Crippen molar-refractivity contribution >= 4 is 11.4 Å². The van der Waals surface area contributed by atoms with Crippen LogP contribution in [0.2, 0.25) is 0 Å². The second-order valence-corrected chi connectivity index (χ2v) is 10.1. The molecule has 6 heteroatoms. The zero-order chi connectivity index (χ0) is 23.4. The van der Waals surface area contributed by atoms with E-state index in [1.54, 1.807) is 0 Å². The third kappa shape index (κ3) is 5.41. The molecule has 0 unspecified atom stereocenters. The van der Waals surface area contributed by atoms with E-state index in [9.17, 15) is 0 Å². The highest BCUT2D eigenvalue weighted by atomic mass is 16.7. The standard InChI is InChI=1S/C28H38N2O4/c1-27(31-13-14-32-27)23-5-3-7-25(17-23)29-19-21-9-11-22(12-10-21)20-30-26-8-4-6-24(18-26)28(2)33-15-16-34-28/h3-8,17-18,21-22,29-30H,9-16,19-20H2,1-2H3. The molecule has 2 aromatic rings. The molecule has 2 heterocycles. The van der Waals surface area contributed by atoms with Crippen LogP contribution in [0, 0.1) is 11.8 Å². The minimum Gasteiger partial charge on any atom is -0.385 e. The molecule has 34 heavy (non-hydrogen) atoms. The fourth-order valence-electron chi connectivity index (χ4n) is 5.35. The Balaban J connectivity index is 1.06. The summed E-state index contributed by atoms with van der Waals surface area (Å²) in [5, 5.41) is 7.31. The first-order valence-corrected chi connectivity index (χ1v) is 12.8. The van der Waals surface area contributed by atoms with Crippen molar-refractivity contribution in [1.82, 2.24) is 0 Å². The van der Waals surface area contributed by atoms with Gasteiger partial charge < -0.3 is 29.6 Å². The molecule has 1 saturated carbocycles. The van der Waals surface area contributed by atoms with E-state index in [1.165, 1.54) is 25.7 Å². The van der Waals surface area contributed by atoms with Gasteiger partial charge in [-0.05, 0) is 75.6 Å². The van der Waals surface area contributed by atoms with Gasteiger partial charge in [-0.15, -0.1) is 0 Å². The van der Waals surface area contributed by atoms with E-state index in [0.717, 1.165) is 47.4 Å². The van der Waals surface area contributed by atoms with Crippen molar-refractivity contribution < 1.29 is 18.9 Å². The van der Waals surface area contributed by atoms with Crippen LogP contribution in [0.1, 0.15) is 50.7 Å². The second kappa shape index (κ2) is 10.2. The van der Waals surface area contributed by atoms with E-state index in [0.29, 0.717) is 26.4 Å². The van der Waals surface area contributed by atoms with E-state index < -0.39 is 11.6 Å². The predicted octanol–water partition coefficient (Wildman–Crippen LogP) is 5.46. The highest BCUT2D eigenvalue weighted by Crippen LogP contribution is 2.34. The van der Waals surface area contributed by atoms with Gasteiger partial charge >= 0.3 is 0 Å². The topological polar surface area (TPSA) is 61.0 Å². The lowest BCUT2D eigenvalue weighted by Gasteiger charge is -2.30. The lowest BCUT2D eigenvalue weighted by molar-refractivity contribution is -0.150. The van der Waals surface area contributed by atoms with Crippen LogP contribution in [-0.4, -0.2) is 39.5 Å². The van der Waals surface area contributed by atoms with Gasteiger partial charge in [0.05, 0.1) is 26.4 Å². The molecule has 2 saturated heterocycles. The first-order chi connectivity index (χ1) is 16.5. The van der Waals surface area contributed by atoms with Crippen LogP contribution in [-0.2, 0) is 30.5 Å². The zero-order valence-electron chi connectivity index (χ0n) is 20.5. The van der Waals surface area contributed by atoms with Crippen LogP contribution in [0.15, 0.2) is 48.5 Å². The van der Waals surface area contributed by atoms with Crippen molar-refractivity contribution in [3.8, 4) is 0 Å². The Bertz CT molecular complexity index is 867. The normalized spacial score (nSPS) is 25.8.